The minimum Gasteiger partial charge on any atom is -0.459 e. The van der Waals surface area contributed by atoms with Crippen molar-refractivity contribution in [3.63, 3.8) is 0 Å². The van der Waals surface area contributed by atoms with E-state index >= 15 is 0 Å². The first kappa shape index (κ1) is 46.1. The average molecular weight is 762 g/mol. The molecule has 3 rings (SSSR count). The van der Waals surface area contributed by atoms with Crippen molar-refractivity contribution in [1.29, 1.82) is 0 Å². The Kier molecular flexibility index (Phi) is 15.9. The number of likely N-dealkylation sites (N-methyl/N-ethyl adjacent to an activating group) is 1. The highest BCUT2D eigenvalue weighted by atomic mass is 16.7. The molecule has 0 aromatic heterocycles. The minimum atomic E-state index is -1.42. The van der Waals surface area contributed by atoms with Crippen molar-refractivity contribution in [2.75, 3.05) is 35.4 Å². The highest BCUT2D eigenvalue weighted by Gasteiger charge is 2.54. The van der Waals surface area contributed by atoms with Crippen LogP contribution in [0.5, 0.6) is 0 Å². The van der Waals surface area contributed by atoms with Crippen molar-refractivity contribution in [1.82, 2.24) is 4.90 Å². The number of carbonyl (C=O) groups is 2. The molecule has 3 N–H and O–H groups in total. The number of aliphatic hydroxyl groups is 3. The van der Waals surface area contributed by atoms with Crippen LogP contribution < -0.4 is 0 Å². The van der Waals surface area contributed by atoms with Crippen LogP contribution in [0.25, 0.3) is 0 Å². The van der Waals surface area contributed by atoms with Gasteiger partial charge < -0.3 is 58.1 Å². The Morgan fingerprint density at radius 1 is 0.811 bits per heavy atom. The molecule has 14 nitrogen and oxygen atoms in total. The third-order valence-corrected chi connectivity index (χ3v) is 12.7. The quantitative estimate of drug-likeness (QED) is 0.293. The van der Waals surface area contributed by atoms with Crippen molar-refractivity contribution in [3.8, 4) is 0 Å². The Hall–Kier alpha value is -1.30. The Labute approximate surface area is 317 Å². The first-order chi connectivity index (χ1) is 24.5. The van der Waals surface area contributed by atoms with Crippen LogP contribution in [0.2, 0.25) is 0 Å². The molecule has 3 fully saturated rings. The molecule has 0 aromatic carbocycles. The first-order valence-electron chi connectivity index (χ1n) is 19.3. The molecule has 0 amide bonds. The zero-order chi connectivity index (χ0) is 40.4. The highest BCUT2D eigenvalue weighted by Crippen LogP contribution is 2.42. The molecule has 3 heterocycles. The number of aliphatic hydroxyl groups excluding tert-OH is 3. The molecule has 0 saturated carbocycles. The molecule has 310 valence electrons. The van der Waals surface area contributed by atoms with Gasteiger partial charge in [-0.15, -0.1) is 0 Å². The second-order valence-corrected chi connectivity index (χ2v) is 16.8. The topological polar surface area (TPSA) is 172 Å². The molecule has 53 heavy (non-hydrogen) atoms. The number of rotatable bonds is 9. The number of ketones is 1. The summed E-state index contributed by atoms with van der Waals surface area (Å²) in [5.41, 5.74) is -3.66. The number of hydrogen-bond donors (Lipinski definition) is 3. The van der Waals surface area contributed by atoms with E-state index in [2.05, 4.69) is 0 Å². The van der Waals surface area contributed by atoms with E-state index in [9.17, 15) is 24.9 Å². The molecular formula is C39H71NO13. The molecule has 18 unspecified atom stereocenters. The van der Waals surface area contributed by atoms with E-state index in [-0.39, 0.29) is 30.8 Å². The molecular weight excluding hydrogens is 690 g/mol. The van der Waals surface area contributed by atoms with Crippen LogP contribution in [-0.2, 0) is 47.5 Å². The van der Waals surface area contributed by atoms with Gasteiger partial charge in [0.05, 0.1) is 47.6 Å². The Morgan fingerprint density at radius 2 is 1.42 bits per heavy atom. The van der Waals surface area contributed by atoms with Crippen LogP contribution in [0, 0.1) is 23.7 Å². The van der Waals surface area contributed by atoms with Gasteiger partial charge in [0.1, 0.15) is 29.7 Å². The number of carbonyl (C=O) groups excluding carboxylic acids is 2. The van der Waals surface area contributed by atoms with Crippen LogP contribution in [0.4, 0.5) is 0 Å². The van der Waals surface area contributed by atoms with E-state index < -0.39 is 102 Å². The van der Waals surface area contributed by atoms with Gasteiger partial charge in [-0.1, -0.05) is 27.7 Å². The molecule has 0 bridgehead atoms. The van der Waals surface area contributed by atoms with Gasteiger partial charge in [-0.05, 0) is 74.9 Å². The lowest BCUT2D eigenvalue weighted by molar-refractivity contribution is -0.319. The number of nitrogens with zero attached hydrogens (tertiary/aromatic N) is 1. The SMILES string of the molecule is CCC1OC(=O)C(C)C(OC2CC(C)(OC)C(O)C(C)O2)C(C)C(OC2OC(C)CC(N(C)C)C2O)C(C)(OC)CC(C)C(=O)C(C)C(O)C1(C)OC. The lowest BCUT2D eigenvalue weighted by atomic mass is 9.73. The summed E-state index contributed by atoms with van der Waals surface area (Å²) in [4.78, 5) is 30.4. The lowest BCUT2D eigenvalue weighted by Gasteiger charge is -2.50. The molecule has 0 spiro atoms. The second-order valence-electron chi connectivity index (χ2n) is 16.8. The molecule has 3 aliphatic heterocycles. The fraction of sp³-hybridized carbons (Fsp3) is 0.949. The van der Waals surface area contributed by atoms with Gasteiger partial charge in [0.25, 0.3) is 0 Å². The van der Waals surface area contributed by atoms with Crippen LogP contribution in [0.3, 0.4) is 0 Å². The first-order valence-corrected chi connectivity index (χ1v) is 19.3. The summed E-state index contributed by atoms with van der Waals surface area (Å²) >= 11 is 0. The lowest BCUT2D eigenvalue weighted by Crippen LogP contribution is -2.61. The number of cyclic esters (lactones) is 1. The smallest absolute Gasteiger partial charge is 0.311 e. The monoisotopic (exact) mass is 761 g/mol. The summed E-state index contributed by atoms with van der Waals surface area (Å²) in [6.07, 6.45) is -7.89. The summed E-state index contributed by atoms with van der Waals surface area (Å²) in [5, 5.41) is 34.3. The molecule has 14 heteroatoms. The number of hydrogen-bond acceptors (Lipinski definition) is 14. The largest absolute Gasteiger partial charge is 0.459 e. The fourth-order valence-corrected chi connectivity index (χ4v) is 8.82. The molecule has 3 saturated heterocycles. The van der Waals surface area contributed by atoms with Crippen molar-refractivity contribution in [3.05, 3.63) is 0 Å². The molecule has 0 aliphatic carbocycles. The normalized spacial score (nSPS) is 48.3. The second kappa shape index (κ2) is 18.3. The maximum absolute atomic E-state index is 14.3. The predicted octanol–water partition coefficient (Wildman–Crippen LogP) is 3.09. The summed E-state index contributed by atoms with van der Waals surface area (Å²) in [7, 11) is 8.26. The number of Topliss-reactive ketones (excluding diaryl/α,β-unsaturated/α-hetero) is 1. The maximum Gasteiger partial charge on any atom is 0.311 e. The van der Waals surface area contributed by atoms with Gasteiger partial charge in [0, 0.05) is 51.5 Å². The fourth-order valence-electron chi connectivity index (χ4n) is 8.82. The summed E-state index contributed by atoms with van der Waals surface area (Å²) in [6.45, 7) is 17.7. The number of ether oxygens (including phenoxy) is 8. The van der Waals surface area contributed by atoms with E-state index in [1.807, 2.05) is 46.7 Å². The molecule has 0 aromatic rings. The van der Waals surface area contributed by atoms with E-state index in [0.717, 1.165) is 0 Å². The average Bonchev–Trinajstić information content (AvgIpc) is 3.12. The van der Waals surface area contributed by atoms with Gasteiger partial charge in [0.2, 0.25) is 0 Å². The van der Waals surface area contributed by atoms with Gasteiger partial charge >= 0.3 is 5.97 Å². The van der Waals surface area contributed by atoms with E-state index in [4.69, 9.17) is 37.9 Å². The zero-order valence-electron chi connectivity index (χ0n) is 34.9. The Bertz CT molecular complexity index is 1210. The van der Waals surface area contributed by atoms with Gasteiger partial charge in [0.15, 0.2) is 12.6 Å². The minimum absolute atomic E-state index is 0.147. The predicted molar refractivity (Wildman–Crippen MR) is 196 cm³/mol. The van der Waals surface area contributed by atoms with Gasteiger partial charge in [-0.3, -0.25) is 9.59 Å². The number of esters is 1. The third kappa shape index (κ3) is 9.64. The summed E-state index contributed by atoms with van der Waals surface area (Å²) in [5.74, 6) is -4.02. The van der Waals surface area contributed by atoms with E-state index in [1.54, 1.807) is 41.5 Å². The zero-order valence-corrected chi connectivity index (χ0v) is 34.9. The molecule has 3 aliphatic rings. The number of methoxy groups -OCH3 is 3. The summed E-state index contributed by atoms with van der Waals surface area (Å²) in [6, 6.07) is -0.272. The van der Waals surface area contributed by atoms with Crippen LogP contribution in [0.1, 0.15) is 94.9 Å². The molecule has 0 radical (unpaired) electrons. The maximum atomic E-state index is 14.3. The van der Waals surface area contributed by atoms with Crippen LogP contribution in [0.15, 0.2) is 0 Å². The Morgan fingerprint density at radius 3 is 1.94 bits per heavy atom. The van der Waals surface area contributed by atoms with Crippen molar-refractivity contribution >= 4 is 11.8 Å². The van der Waals surface area contributed by atoms with Crippen LogP contribution in [-0.4, -0.2) is 152 Å². The third-order valence-electron chi connectivity index (χ3n) is 12.7. The van der Waals surface area contributed by atoms with Crippen LogP contribution >= 0.6 is 0 Å². The van der Waals surface area contributed by atoms with Crippen molar-refractivity contribution < 1.29 is 62.8 Å². The van der Waals surface area contributed by atoms with E-state index in [1.165, 1.54) is 21.3 Å². The van der Waals surface area contributed by atoms with Crippen molar-refractivity contribution in [2.24, 2.45) is 23.7 Å². The van der Waals surface area contributed by atoms with Gasteiger partial charge in [-0.2, -0.15) is 0 Å². The standard InChI is InChI=1S/C39H71NO13/c1-16-27-39(10,48-15)32(43)22(4)29(41)20(2)18-38(9,47-14)34(53-36-30(42)26(40(11)12)17-21(3)49-36)23(5)31(24(6)35(45)51-27)52-28-19-37(8,46-13)33(44)25(7)50-28/h20-28,30-34,36,42-44H,16-19H2,1-15H3. The van der Waals surface area contributed by atoms with Gasteiger partial charge in [-0.25, -0.2) is 0 Å². The van der Waals surface area contributed by atoms with E-state index in [0.29, 0.717) is 12.8 Å². The Balaban J connectivity index is 2.24. The highest BCUT2D eigenvalue weighted by molar-refractivity contribution is 5.83. The molecule has 18 atom stereocenters. The summed E-state index contributed by atoms with van der Waals surface area (Å²) < 4.78 is 50.2. The van der Waals surface area contributed by atoms with Crippen molar-refractivity contribution in [2.45, 2.75) is 179 Å².